The number of anilines is 3. The minimum absolute atomic E-state index is 0.0358. The molecule has 1 N–H and O–H groups in total. The molecule has 0 bridgehead atoms. The zero-order chi connectivity index (χ0) is 18.1. The van der Waals surface area contributed by atoms with E-state index in [4.69, 9.17) is 0 Å². The lowest BCUT2D eigenvalue weighted by atomic mass is 10.1. The predicted molar refractivity (Wildman–Crippen MR) is 89.3 cm³/mol. The predicted octanol–water partition coefficient (Wildman–Crippen LogP) is 3.31. The molecule has 0 saturated carbocycles. The molecule has 0 aliphatic carbocycles. The van der Waals surface area contributed by atoms with Crippen molar-refractivity contribution in [2.45, 2.75) is 6.92 Å². The maximum Gasteiger partial charge on any atom is 0.229 e. The highest BCUT2D eigenvalue weighted by Crippen LogP contribution is 2.34. The molecule has 0 saturated heterocycles. The first-order valence-corrected chi connectivity index (χ1v) is 8.79. The molecule has 0 aromatic heterocycles. The summed E-state index contributed by atoms with van der Waals surface area (Å²) in [6, 6.07) is 7.38. The zero-order valence-corrected chi connectivity index (χ0v) is 14.1. The lowest BCUT2D eigenvalue weighted by molar-refractivity contribution is 0.101. The topological polar surface area (TPSA) is 66.5 Å². The molecule has 2 rings (SSSR count). The van der Waals surface area contributed by atoms with Crippen LogP contribution in [0.5, 0.6) is 0 Å². The second-order valence-corrected chi connectivity index (χ2v) is 7.07. The summed E-state index contributed by atoms with van der Waals surface area (Å²) in [6.45, 7) is 1.36. The van der Waals surface area contributed by atoms with Crippen LogP contribution in [0, 0.1) is 11.6 Å². The number of hydrogen-bond donors (Lipinski definition) is 1. The number of nitrogens with one attached hydrogen (secondary N) is 1. The number of benzene rings is 2. The van der Waals surface area contributed by atoms with Crippen molar-refractivity contribution in [3.63, 3.8) is 0 Å². The molecule has 5 nitrogen and oxygen atoms in total. The van der Waals surface area contributed by atoms with Gasteiger partial charge in [-0.2, -0.15) is 0 Å². The van der Waals surface area contributed by atoms with Gasteiger partial charge >= 0.3 is 0 Å². The largest absolute Gasteiger partial charge is 0.341 e. The number of ketones is 1. The number of Topliss-reactive ketones (excluding diaryl/α,β-unsaturated/α-hetero) is 1. The average molecular weight is 354 g/mol. The Kier molecular flexibility index (Phi) is 4.88. The first-order valence-electron chi connectivity index (χ1n) is 6.90. The van der Waals surface area contributed by atoms with Crippen LogP contribution in [0.3, 0.4) is 0 Å². The van der Waals surface area contributed by atoms with Gasteiger partial charge in [-0.15, -0.1) is 0 Å². The molecule has 0 atom stereocenters. The molecule has 8 heteroatoms. The highest BCUT2D eigenvalue weighted by Gasteiger charge is 2.17. The van der Waals surface area contributed by atoms with Gasteiger partial charge in [0.15, 0.2) is 5.78 Å². The van der Waals surface area contributed by atoms with Gasteiger partial charge in [-0.1, -0.05) is 0 Å². The van der Waals surface area contributed by atoms with Gasteiger partial charge in [0, 0.05) is 18.7 Å². The van der Waals surface area contributed by atoms with Crippen molar-refractivity contribution in [3.8, 4) is 0 Å². The summed E-state index contributed by atoms with van der Waals surface area (Å²) in [7, 11) is -2.09. The summed E-state index contributed by atoms with van der Waals surface area (Å²) < 4.78 is 52.5. The Morgan fingerprint density at radius 2 is 1.75 bits per heavy atom. The van der Waals surface area contributed by atoms with E-state index in [-0.39, 0.29) is 22.8 Å². The molecule has 128 valence electrons. The lowest BCUT2D eigenvalue weighted by Crippen LogP contribution is -2.17. The van der Waals surface area contributed by atoms with Gasteiger partial charge < -0.3 is 4.90 Å². The lowest BCUT2D eigenvalue weighted by Gasteiger charge is -2.24. The van der Waals surface area contributed by atoms with Gasteiger partial charge in [-0.25, -0.2) is 17.2 Å². The van der Waals surface area contributed by atoms with Crippen LogP contribution in [-0.2, 0) is 10.0 Å². The third kappa shape index (κ3) is 4.08. The summed E-state index contributed by atoms with van der Waals surface area (Å²) in [5, 5.41) is 0. The number of carbonyl (C=O) groups excluding carboxylic acids is 1. The van der Waals surface area contributed by atoms with E-state index in [2.05, 4.69) is 4.72 Å². The quantitative estimate of drug-likeness (QED) is 0.837. The number of sulfonamides is 1. The smallest absolute Gasteiger partial charge is 0.229 e. The molecule has 0 amide bonds. The molecule has 0 spiro atoms. The van der Waals surface area contributed by atoms with Crippen LogP contribution in [-0.4, -0.2) is 27.5 Å². The summed E-state index contributed by atoms with van der Waals surface area (Å²) in [5.41, 5.74) is 0.805. The number of nitrogens with zero attached hydrogens (tertiary/aromatic N) is 1. The number of rotatable bonds is 5. The SMILES string of the molecule is CC(=O)c1ccc(NS(C)(=O)=O)c(N(C)c2ccc(F)cc2F)c1. The molecule has 2 aromatic carbocycles. The number of halogens is 2. The van der Waals surface area contributed by atoms with E-state index in [1.54, 1.807) is 0 Å². The van der Waals surface area contributed by atoms with E-state index in [1.807, 2.05) is 0 Å². The van der Waals surface area contributed by atoms with Crippen LogP contribution >= 0.6 is 0 Å². The second-order valence-electron chi connectivity index (χ2n) is 5.32. The summed E-state index contributed by atoms with van der Waals surface area (Å²) in [6.07, 6.45) is 0.980. The van der Waals surface area contributed by atoms with Crippen molar-refractivity contribution < 1.29 is 22.0 Å². The fourth-order valence-electron chi connectivity index (χ4n) is 2.20. The standard InChI is InChI=1S/C16H16F2N2O3S/c1-10(21)11-4-6-14(19-24(3,22)23)16(8-11)20(2)15-7-5-12(17)9-13(15)18/h4-9,19H,1-3H3. The van der Waals surface area contributed by atoms with E-state index < -0.39 is 21.7 Å². The Labute approximate surface area is 139 Å². The van der Waals surface area contributed by atoms with Crippen LogP contribution in [0.1, 0.15) is 17.3 Å². The molecule has 0 heterocycles. The third-order valence-corrected chi connectivity index (χ3v) is 3.92. The van der Waals surface area contributed by atoms with Crippen LogP contribution in [0.25, 0.3) is 0 Å². The van der Waals surface area contributed by atoms with Crippen molar-refractivity contribution in [3.05, 3.63) is 53.6 Å². The fourth-order valence-corrected chi connectivity index (χ4v) is 2.77. The van der Waals surface area contributed by atoms with E-state index in [0.717, 1.165) is 18.4 Å². The first kappa shape index (κ1) is 17.9. The van der Waals surface area contributed by atoms with Gasteiger partial charge in [0.25, 0.3) is 0 Å². The zero-order valence-electron chi connectivity index (χ0n) is 13.3. The van der Waals surface area contributed by atoms with Crippen molar-refractivity contribution in [2.24, 2.45) is 0 Å². The minimum atomic E-state index is -3.58. The summed E-state index contributed by atoms with van der Waals surface area (Å²) in [4.78, 5) is 12.9. The van der Waals surface area contributed by atoms with E-state index in [0.29, 0.717) is 5.56 Å². The molecular weight excluding hydrogens is 338 g/mol. The monoisotopic (exact) mass is 354 g/mol. The van der Waals surface area contributed by atoms with Crippen molar-refractivity contribution in [1.82, 2.24) is 0 Å². The number of hydrogen-bond acceptors (Lipinski definition) is 4. The van der Waals surface area contributed by atoms with E-state index in [9.17, 15) is 22.0 Å². The van der Waals surface area contributed by atoms with Crippen molar-refractivity contribution in [1.29, 1.82) is 0 Å². The first-order chi connectivity index (χ1) is 11.1. The molecular formula is C16H16F2N2O3S. The van der Waals surface area contributed by atoms with Crippen LogP contribution in [0.2, 0.25) is 0 Å². The Morgan fingerprint density at radius 1 is 1.08 bits per heavy atom. The van der Waals surface area contributed by atoms with Crippen LogP contribution in [0.15, 0.2) is 36.4 Å². The summed E-state index contributed by atoms with van der Waals surface area (Å²) >= 11 is 0. The van der Waals surface area contributed by atoms with E-state index >= 15 is 0 Å². The van der Waals surface area contributed by atoms with Gasteiger partial charge in [-0.3, -0.25) is 9.52 Å². The Balaban J connectivity index is 2.59. The molecule has 0 unspecified atom stereocenters. The van der Waals surface area contributed by atoms with Crippen LogP contribution in [0.4, 0.5) is 25.8 Å². The Bertz CT molecular complexity index is 898. The minimum Gasteiger partial charge on any atom is -0.341 e. The Morgan fingerprint density at radius 3 is 2.29 bits per heavy atom. The highest BCUT2D eigenvalue weighted by molar-refractivity contribution is 7.92. The molecule has 0 fully saturated rings. The Hall–Kier alpha value is -2.48. The summed E-state index contributed by atoms with van der Waals surface area (Å²) in [5.74, 6) is -1.76. The maximum atomic E-state index is 14.0. The maximum absolute atomic E-state index is 14.0. The van der Waals surface area contributed by atoms with Gasteiger partial charge in [0.2, 0.25) is 10.0 Å². The van der Waals surface area contributed by atoms with Gasteiger partial charge in [0.1, 0.15) is 11.6 Å². The van der Waals surface area contributed by atoms with Gasteiger partial charge in [0.05, 0.1) is 23.3 Å². The molecule has 0 aliphatic rings. The molecule has 0 radical (unpaired) electrons. The average Bonchev–Trinajstić information content (AvgIpc) is 2.45. The molecule has 0 aliphatic heterocycles. The van der Waals surface area contributed by atoms with Gasteiger partial charge in [-0.05, 0) is 37.3 Å². The van der Waals surface area contributed by atoms with Crippen molar-refractivity contribution in [2.75, 3.05) is 22.9 Å². The third-order valence-electron chi connectivity index (χ3n) is 3.33. The van der Waals surface area contributed by atoms with E-state index in [1.165, 1.54) is 43.1 Å². The van der Waals surface area contributed by atoms with Crippen LogP contribution < -0.4 is 9.62 Å². The molecule has 2 aromatic rings. The fraction of sp³-hybridized carbons (Fsp3) is 0.188. The number of carbonyl (C=O) groups is 1. The molecule has 24 heavy (non-hydrogen) atoms. The van der Waals surface area contributed by atoms with Crippen molar-refractivity contribution >= 4 is 32.9 Å². The highest BCUT2D eigenvalue weighted by atomic mass is 32.2. The second kappa shape index (κ2) is 6.56. The normalized spacial score (nSPS) is 11.2.